The number of hydrogen-bond donors (Lipinski definition) is 2. The van der Waals surface area contributed by atoms with Crippen LogP contribution in [0.3, 0.4) is 0 Å². The molecule has 134 valence electrons. The summed E-state index contributed by atoms with van der Waals surface area (Å²) in [5.74, 6) is 2.21. The van der Waals surface area contributed by atoms with Crippen LogP contribution in [0, 0.1) is 12.8 Å². The summed E-state index contributed by atoms with van der Waals surface area (Å²) in [6, 6.07) is 10.1. The van der Waals surface area contributed by atoms with Crippen LogP contribution in [0.4, 0.5) is 23.0 Å². The number of pyridine rings is 1. The van der Waals surface area contributed by atoms with E-state index in [2.05, 4.69) is 44.2 Å². The summed E-state index contributed by atoms with van der Waals surface area (Å²) >= 11 is 0. The fraction of sp³-hybridized carbons (Fsp3) is 0.350. The van der Waals surface area contributed by atoms with Crippen molar-refractivity contribution in [1.82, 2.24) is 15.0 Å². The Morgan fingerprint density at radius 2 is 1.92 bits per heavy atom. The number of nitrogen functional groups attached to an aromatic ring is 1. The van der Waals surface area contributed by atoms with Gasteiger partial charge in [-0.15, -0.1) is 0 Å². The third-order valence-electron chi connectivity index (χ3n) is 5.06. The number of aromatic nitrogens is 3. The van der Waals surface area contributed by atoms with E-state index in [9.17, 15) is 0 Å². The van der Waals surface area contributed by atoms with E-state index in [1.165, 1.54) is 12.8 Å². The molecule has 0 spiro atoms. The molecular weight excluding hydrogens is 324 g/mol. The fourth-order valence-electron chi connectivity index (χ4n) is 3.43. The van der Waals surface area contributed by atoms with Crippen molar-refractivity contribution in [3.8, 4) is 0 Å². The van der Waals surface area contributed by atoms with Crippen molar-refractivity contribution in [1.29, 1.82) is 0 Å². The van der Waals surface area contributed by atoms with Crippen molar-refractivity contribution >= 4 is 33.9 Å². The lowest BCUT2D eigenvalue weighted by Crippen LogP contribution is -2.34. The van der Waals surface area contributed by atoms with Crippen molar-refractivity contribution in [3.63, 3.8) is 0 Å². The van der Waals surface area contributed by atoms with Gasteiger partial charge in [0.15, 0.2) is 11.6 Å². The lowest BCUT2D eigenvalue weighted by atomic mass is 9.99. The van der Waals surface area contributed by atoms with E-state index in [4.69, 9.17) is 5.73 Å². The van der Waals surface area contributed by atoms with Gasteiger partial charge in [-0.05, 0) is 37.8 Å². The van der Waals surface area contributed by atoms with Crippen LogP contribution in [0.25, 0.3) is 10.9 Å². The highest BCUT2D eigenvalue weighted by Crippen LogP contribution is 2.32. The maximum absolute atomic E-state index is 6.42. The summed E-state index contributed by atoms with van der Waals surface area (Å²) in [6.07, 6.45) is 3.91. The van der Waals surface area contributed by atoms with E-state index in [0.717, 1.165) is 47.1 Å². The molecule has 4 rings (SSSR count). The van der Waals surface area contributed by atoms with Crippen LogP contribution in [0.15, 0.2) is 36.7 Å². The minimum atomic E-state index is 0.590. The molecule has 1 aromatic carbocycles. The van der Waals surface area contributed by atoms with Crippen LogP contribution in [0.1, 0.15) is 25.5 Å². The van der Waals surface area contributed by atoms with E-state index in [-0.39, 0.29) is 0 Å². The number of fused-ring (bicyclic) bond motifs is 1. The third-order valence-corrected chi connectivity index (χ3v) is 5.06. The average molecular weight is 348 g/mol. The lowest BCUT2D eigenvalue weighted by molar-refractivity contribution is 0.437. The molecule has 0 aliphatic carbocycles. The first-order chi connectivity index (χ1) is 12.6. The highest BCUT2D eigenvalue weighted by molar-refractivity contribution is 5.93. The monoisotopic (exact) mass is 348 g/mol. The van der Waals surface area contributed by atoms with E-state index in [1.54, 1.807) is 6.33 Å². The Morgan fingerprint density at radius 1 is 1.12 bits per heavy atom. The van der Waals surface area contributed by atoms with Gasteiger partial charge in [-0.2, -0.15) is 0 Å². The second kappa shape index (κ2) is 6.78. The van der Waals surface area contributed by atoms with Crippen LogP contribution in [-0.4, -0.2) is 28.0 Å². The summed E-state index contributed by atoms with van der Waals surface area (Å²) in [6.45, 7) is 6.25. The lowest BCUT2D eigenvalue weighted by Gasteiger charge is -2.32. The maximum atomic E-state index is 6.42. The van der Waals surface area contributed by atoms with Gasteiger partial charge >= 0.3 is 0 Å². The molecule has 0 saturated carbocycles. The van der Waals surface area contributed by atoms with Crippen molar-refractivity contribution in [2.45, 2.75) is 26.7 Å². The average Bonchev–Trinajstić information content (AvgIpc) is 2.65. The predicted molar refractivity (Wildman–Crippen MR) is 107 cm³/mol. The first-order valence-corrected chi connectivity index (χ1v) is 9.10. The van der Waals surface area contributed by atoms with E-state index < -0.39 is 0 Å². The van der Waals surface area contributed by atoms with Gasteiger partial charge in [0, 0.05) is 24.2 Å². The molecule has 1 aliphatic heterocycles. The number of anilines is 4. The fourth-order valence-corrected chi connectivity index (χ4v) is 3.43. The third kappa shape index (κ3) is 3.14. The number of nitrogens with zero attached hydrogens (tertiary/aromatic N) is 4. The van der Waals surface area contributed by atoms with Crippen LogP contribution in [0.5, 0.6) is 0 Å². The molecule has 3 aromatic rings. The second-order valence-corrected chi connectivity index (χ2v) is 7.08. The molecule has 26 heavy (non-hydrogen) atoms. The molecule has 0 bridgehead atoms. The number of hydrogen-bond acceptors (Lipinski definition) is 6. The van der Waals surface area contributed by atoms with Crippen molar-refractivity contribution < 1.29 is 0 Å². The Balaban J connectivity index is 1.67. The molecule has 3 N–H and O–H groups in total. The largest absolute Gasteiger partial charge is 0.393 e. The first-order valence-electron chi connectivity index (χ1n) is 9.10. The Hall–Kier alpha value is -2.89. The van der Waals surface area contributed by atoms with Crippen LogP contribution < -0.4 is 16.0 Å². The Labute approximate surface area is 153 Å². The molecule has 2 aromatic heterocycles. The number of aryl methyl sites for hydroxylation is 1. The number of nitrogens with two attached hydrogens (primary N) is 1. The number of rotatable bonds is 3. The number of nitrogens with one attached hydrogen (secondary N) is 1. The number of piperidine rings is 1. The molecular formula is C20H24N6. The summed E-state index contributed by atoms with van der Waals surface area (Å²) in [5, 5.41) is 4.45. The summed E-state index contributed by atoms with van der Waals surface area (Å²) < 4.78 is 0. The van der Waals surface area contributed by atoms with Crippen LogP contribution >= 0.6 is 0 Å². The molecule has 6 heteroatoms. The molecule has 0 atom stereocenters. The topological polar surface area (TPSA) is 80.0 Å². The van der Waals surface area contributed by atoms with E-state index in [1.807, 2.05) is 25.1 Å². The maximum Gasteiger partial charge on any atom is 0.159 e. The van der Waals surface area contributed by atoms with Gasteiger partial charge in [0.25, 0.3) is 0 Å². The summed E-state index contributed by atoms with van der Waals surface area (Å²) in [5.41, 5.74) is 9.80. The minimum Gasteiger partial charge on any atom is -0.393 e. The zero-order chi connectivity index (χ0) is 18.1. The number of para-hydroxylation sites is 1. The number of benzene rings is 1. The zero-order valence-electron chi connectivity index (χ0n) is 15.2. The molecule has 0 unspecified atom stereocenters. The standard InChI is InChI=1S/C20H24N6/c1-13-8-10-26(11-9-13)20-17(21)19(22-12-23-20)25-16-5-3-4-15-7-6-14(2)24-18(15)16/h3-7,12-13H,8-11,21H2,1-2H3,(H,22,23,25). The predicted octanol–water partition coefficient (Wildman–Crippen LogP) is 3.90. The molecule has 6 nitrogen and oxygen atoms in total. The van der Waals surface area contributed by atoms with Gasteiger partial charge in [-0.1, -0.05) is 25.1 Å². The quantitative estimate of drug-likeness (QED) is 0.747. The Kier molecular flexibility index (Phi) is 4.32. The summed E-state index contributed by atoms with van der Waals surface area (Å²) in [4.78, 5) is 15.7. The molecule has 1 saturated heterocycles. The highest BCUT2D eigenvalue weighted by atomic mass is 15.2. The molecule has 1 fully saturated rings. The normalized spacial score (nSPS) is 15.4. The van der Waals surface area contributed by atoms with Gasteiger partial charge in [-0.25, -0.2) is 9.97 Å². The van der Waals surface area contributed by atoms with Gasteiger partial charge in [-0.3, -0.25) is 4.98 Å². The van der Waals surface area contributed by atoms with Gasteiger partial charge in [0.1, 0.15) is 12.0 Å². The van der Waals surface area contributed by atoms with E-state index >= 15 is 0 Å². The smallest absolute Gasteiger partial charge is 0.159 e. The zero-order valence-corrected chi connectivity index (χ0v) is 15.2. The molecule has 0 radical (unpaired) electrons. The SMILES string of the molecule is Cc1ccc2cccc(Nc3ncnc(N4CCC(C)CC4)c3N)c2n1. The van der Waals surface area contributed by atoms with E-state index in [0.29, 0.717) is 11.5 Å². The van der Waals surface area contributed by atoms with Crippen LogP contribution in [0.2, 0.25) is 0 Å². The molecule has 0 amide bonds. The summed E-state index contributed by atoms with van der Waals surface area (Å²) in [7, 11) is 0. The van der Waals surface area contributed by atoms with Crippen LogP contribution in [-0.2, 0) is 0 Å². The Bertz CT molecular complexity index is 931. The van der Waals surface area contributed by atoms with Gasteiger partial charge in [0.05, 0.1) is 11.2 Å². The second-order valence-electron chi connectivity index (χ2n) is 7.08. The molecule has 3 heterocycles. The highest BCUT2D eigenvalue weighted by Gasteiger charge is 2.20. The van der Waals surface area contributed by atoms with Gasteiger partial charge < -0.3 is 16.0 Å². The van der Waals surface area contributed by atoms with Crippen molar-refractivity contribution in [2.75, 3.05) is 29.0 Å². The Morgan fingerprint density at radius 3 is 2.73 bits per heavy atom. The first kappa shape index (κ1) is 16.6. The van der Waals surface area contributed by atoms with Gasteiger partial charge in [0.2, 0.25) is 0 Å². The molecule has 1 aliphatic rings. The minimum absolute atomic E-state index is 0.590. The van der Waals surface area contributed by atoms with Crippen molar-refractivity contribution in [2.24, 2.45) is 5.92 Å². The van der Waals surface area contributed by atoms with Crippen molar-refractivity contribution in [3.05, 3.63) is 42.4 Å².